The Morgan fingerprint density at radius 3 is 2.74 bits per heavy atom. The van der Waals surface area contributed by atoms with E-state index in [1.165, 1.54) is 5.56 Å². The molecule has 0 fully saturated rings. The lowest BCUT2D eigenvalue weighted by Crippen LogP contribution is -2.38. The zero-order valence-electron chi connectivity index (χ0n) is 18.1. The lowest BCUT2D eigenvalue weighted by Gasteiger charge is -2.13. The molecule has 0 saturated carbocycles. The molecule has 1 aromatic carbocycles. The summed E-state index contributed by atoms with van der Waals surface area (Å²) in [6.07, 6.45) is 2.32. The average Bonchev–Trinajstić information content (AvgIpc) is 3.28. The number of nitrogens with zero attached hydrogens (tertiary/aromatic N) is 4. The van der Waals surface area contributed by atoms with Crippen LogP contribution in [-0.4, -0.2) is 47.3 Å². The first-order valence-electron chi connectivity index (χ1n) is 10.6. The number of pyridine rings is 1. The Hall–Kier alpha value is -3.26. The number of ether oxygens (including phenoxy) is 1. The first-order chi connectivity index (χ1) is 15.2. The van der Waals surface area contributed by atoms with Crippen molar-refractivity contribution in [3.8, 4) is 11.6 Å². The van der Waals surface area contributed by atoms with E-state index in [9.17, 15) is 0 Å². The number of benzene rings is 1. The average molecular weight is 423 g/mol. The maximum absolute atomic E-state index is 5.81. The highest BCUT2D eigenvalue weighted by molar-refractivity contribution is 5.79. The Morgan fingerprint density at radius 1 is 1.13 bits per heavy atom. The summed E-state index contributed by atoms with van der Waals surface area (Å²) in [5.41, 5.74) is 1.86. The molecule has 8 heteroatoms. The molecule has 2 aromatic heterocycles. The minimum Gasteiger partial charge on any atom is -0.376 e. The zero-order valence-corrected chi connectivity index (χ0v) is 18.1. The third-order valence-corrected chi connectivity index (χ3v) is 4.41. The lowest BCUT2D eigenvalue weighted by atomic mass is 10.2. The van der Waals surface area contributed by atoms with Gasteiger partial charge < -0.3 is 19.9 Å². The molecule has 0 aliphatic rings. The van der Waals surface area contributed by atoms with Crippen LogP contribution in [0.1, 0.15) is 25.2 Å². The Kier molecular flexibility index (Phi) is 9.00. The SMILES string of the molecule is CCNC(=NCC(C)COCc1ccccc1)NCCc1noc(-c2ccccn2)n1. The fourth-order valence-electron chi connectivity index (χ4n) is 2.84. The van der Waals surface area contributed by atoms with E-state index in [1.54, 1.807) is 6.20 Å². The minimum absolute atomic E-state index is 0.317. The van der Waals surface area contributed by atoms with Gasteiger partial charge in [-0.1, -0.05) is 48.5 Å². The van der Waals surface area contributed by atoms with E-state index in [2.05, 4.69) is 49.8 Å². The van der Waals surface area contributed by atoms with Crippen LogP contribution in [0.15, 0.2) is 64.2 Å². The van der Waals surface area contributed by atoms with Gasteiger partial charge in [0.25, 0.3) is 5.89 Å². The predicted molar refractivity (Wildman–Crippen MR) is 120 cm³/mol. The molecule has 0 aliphatic heterocycles. The van der Waals surface area contributed by atoms with Gasteiger partial charge in [-0.2, -0.15) is 4.98 Å². The molecule has 2 N–H and O–H groups in total. The summed E-state index contributed by atoms with van der Waals surface area (Å²) in [6.45, 7) is 7.58. The number of aliphatic imine (C=N–C) groups is 1. The molecule has 0 amide bonds. The van der Waals surface area contributed by atoms with E-state index in [-0.39, 0.29) is 0 Å². The van der Waals surface area contributed by atoms with Gasteiger partial charge in [0.1, 0.15) is 5.69 Å². The molecule has 3 rings (SSSR count). The summed E-state index contributed by atoms with van der Waals surface area (Å²) in [7, 11) is 0. The molecule has 164 valence electrons. The van der Waals surface area contributed by atoms with Gasteiger partial charge in [-0.25, -0.2) is 0 Å². The second kappa shape index (κ2) is 12.4. The van der Waals surface area contributed by atoms with Gasteiger partial charge in [0, 0.05) is 32.3 Å². The van der Waals surface area contributed by atoms with Crippen molar-refractivity contribution >= 4 is 5.96 Å². The lowest BCUT2D eigenvalue weighted by molar-refractivity contribution is 0.0945. The molecule has 2 heterocycles. The first-order valence-corrected chi connectivity index (χ1v) is 10.6. The highest BCUT2D eigenvalue weighted by Crippen LogP contribution is 2.13. The summed E-state index contributed by atoms with van der Waals surface area (Å²) in [5, 5.41) is 10.6. The van der Waals surface area contributed by atoms with Gasteiger partial charge in [-0.05, 0) is 30.5 Å². The van der Waals surface area contributed by atoms with Crippen LogP contribution in [-0.2, 0) is 17.8 Å². The van der Waals surface area contributed by atoms with E-state index in [4.69, 9.17) is 9.26 Å². The third-order valence-electron chi connectivity index (χ3n) is 4.41. The number of guanidine groups is 1. The van der Waals surface area contributed by atoms with Crippen LogP contribution >= 0.6 is 0 Å². The second-order valence-corrected chi connectivity index (χ2v) is 7.23. The summed E-state index contributed by atoms with van der Waals surface area (Å²) in [6, 6.07) is 15.8. The molecule has 0 bridgehead atoms. The number of hydrogen-bond donors (Lipinski definition) is 2. The molecular weight excluding hydrogens is 392 g/mol. The molecule has 0 saturated heterocycles. The number of rotatable bonds is 11. The van der Waals surface area contributed by atoms with Crippen LogP contribution < -0.4 is 10.6 Å². The maximum atomic E-state index is 5.81. The van der Waals surface area contributed by atoms with Crippen molar-refractivity contribution < 1.29 is 9.26 Å². The summed E-state index contributed by atoms with van der Waals surface area (Å²) in [5.74, 6) is 2.15. The largest absolute Gasteiger partial charge is 0.376 e. The molecule has 31 heavy (non-hydrogen) atoms. The van der Waals surface area contributed by atoms with Crippen LogP contribution in [0.2, 0.25) is 0 Å². The van der Waals surface area contributed by atoms with Gasteiger partial charge in [-0.3, -0.25) is 9.98 Å². The fraction of sp³-hybridized carbons (Fsp3) is 0.391. The highest BCUT2D eigenvalue weighted by atomic mass is 16.5. The topological polar surface area (TPSA) is 97.5 Å². The smallest absolute Gasteiger partial charge is 0.276 e. The molecule has 0 spiro atoms. The Balaban J connectivity index is 1.40. The van der Waals surface area contributed by atoms with Crippen molar-refractivity contribution in [3.05, 3.63) is 66.1 Å². The Labute approximate surface area is 183 Å². The predicted octanol–water partition coefficient (Wildman–Crippen LogP) is 3.08. The summed E-state index contributed by atoms with van der Waals surface area (Å²) < 4.78 is 11.1. The van der Waals surface area contributed by atoms with Crippen molar-refractivity contribution in [1.82, 2.24) is 25.8 Å². The molecule has 1 unspecified atom stereocenters. The minimum atomic E-state index is 0.317. The molecule has 1 atom stereocenters. The van der Waals surface area contributed by atoms with Crippen molar-refractivity contribution in [2.24, 2.45) is 10.9 Å². The number of nitrogens with one attached hydrogen (secondary N) is 2. The van der Waals surface area contributed by atoms with Crippen LogP contribution in [0.3, 0.4) is 0 Å². The molecule has 3 aromatic rings. The molecule has 0 aliphatic carbocycles. The zero-order chi connectivity index (χ0) is 21.7. The Bertz CT molecular complexity index is 914. The van der Waals surface area contributed by atoms with Crippen LogP contribution in [0.4, 0.5) is 0 Å². The summed E-state index contributed by atoms with van der Waals surface area (Å²) >= 11 is 0. The fourth-order valence-corrected chi connectivity index (χ4v) is 2.84. The van der Waals surface area contributed by atoms with E-state index in [1.807, 2.05) is 43.3 Å². The number of aromatic nitrogens is 3. The van der Waals surface area contributed by atoms with Crippen molar-refractivity contribution in [2.45, 2.75) is 26.9 Å². The van der Waals surface area contributed by atoms with E-state index in [0.717, 1.165) is 12.5 Å². The Morgan fingerprint density at radius 2 is 1.97 bits per heavy atom. The molecule has 0 radical (unpaired) electrons. The maximum Gasteiger partial charge on any atom is 0.276 e. The summed E-state index contributed by atoms with van der Waals surface area (Å²) in [4.78, 5) is 13.3. The first kappa shape index (κ1) is 22.4. The van der Waals surface area contributed by atoms with Crippen LogP contribution in [0, 0.1) is 5.92 Å². The van der Waals surface area contributed by atoms with E-state index >= 15 is 0 Å². The van der Waals surface area contributed by atoms with Gasteiger partial charge in [0.15, 0.2) is 11.8 Å². The van der Waals surface area contributed by atoms with Gasteiger partial charge in [0.05, 0.1) is 13.2 Å². The standard InChI is InChI=1S/C23H30N6O2/c1-3-24-23(27-15-18(2)16-30-17-19-9-5-4-6-10-19)26-14-12-21-28-22(31-29-21)20-11-7-8-13-25-20/h4-11,13,18H,3,12,14-17H2,1-2H3,(H2,24,26,27). The highest BCUT2D eigenvalue weighted by Gasteiger charge is 2.10. The van der Waals surface area contributed by atoms with Crippen molar-refractivity contribution in [2.75, 3.05) is 26.2 Å². The van der Waals surface area contributed by atoms with Crippen LogP contribution in [0.25, 0.3) is 11.6 Å². The quantitative estimate of drug-likeness (QED) is 0.362. The molecular formula is C23H30N6O2. The van der Waals surface area contributed by atoms with Crippen molar-refractivity contribution in [3.63, 3.8) is 0 Å². The number of hydrogen-bond acceptors (Lipinski definition) is 6. The normalized spacial score (nSPS) is 12.5. The monoisotopic (exact) mass is 422 g/mol. The third kappa shape index (κ3) is 7.82. The van der Waals surface area contributed by atoms with Gasteiger partial charge >= 0.3 is 0 Å². The van der Waals surface area contributed by atoms with E-state index in [0.29, 0.717) is 56.1 Å². The van der Waals surface area contributed by atoms with Crippen LogP contribution in [0.5, 0.6) is 0 Å². The molecule has 8 nitrogen and oxygen atoms in total. The van der Waals surface area contributed by atoms with Gasteiger partial charge in [-0.15, -0.1) is 0 Å². The van der Waals surface area contributed by atoms with Crippen molar-refractivity contribution in [1.29, 1.82) is 0 Å². The second-order valence-electron chi connectivity index (χ2n) is 7.23. The van der Waals surface area contributed by atoms with E-state index < -0.39 is 0 Å². The van der Waals surface area contributed by atoms with Gasteiger partial charge in [0.2, 0.25) is 0 Å².